The first-order valence-electron chi connectivity index (χ1n) is 14.7. The Bertz CT molecular complexity index is 1520. The number of sulfonamides is 1. The van der Waals surface area contributed by atoms with E-state index in [1.54, 1.807) is 38.1 Å². The maximum atomic E-state index is 13.3. The number of carbonyl (C=O) groups excluding carboxylic acids is 1. The first-order valence-corrected chi connectivity index (χ1v) is 16.6. The number of hydrogen-bond donors (Lipinski definition) is 2. The average Bonchev–Trinajstić information content (AvgIpc) is 2.97. The van der Waals surface area contributed by atoms with E-state index >= 15 is 0 Å². The zero-order chi connectivity index (χ0) is 30.1. The molecule has 5 atom stereocenters. The number of benzene rings is 2. The van der Waals surface area contributed by atoms with Crippen LogP contribution in [0, 0.1) is 29.1 Å². The molecule has 8 nitrogen and oxygen atoms in total. The molecule has 0 radical (unpaired) electrons. The van der Waals surface area contributed by atoms with Crippen LogP contribution in [-0.4, -0.2) is 43.4 Å². The van der Waals surface area contributed by atoms with Crippen molar-refractivity contribution in [3.05, 3.63) is 70.3 Å². The summed E-state index contributed by atoms with van der Waals surface area (Å²) in [5.41, 5.74) is 1.44. The molecule has 1 fully saturated rings. The van der Waals surface area contributed by atoms with E-state index in [1.165, 1.54) is 6.08 Å². The number of amides is 1. The second kappa shape index (κ2) is 12.3. The summed E-state index contributed by atoms with van der Waals surface area (Å²) in [6.07, 6.45) is 7.77. The molecule has 2 aromatic rings. The lowest BCUT2D eigenvalue weighted by molar-refractivity contribution is -0.00437. The number of nitrogens with zero attached hydrogens (tertiary/aromatic N) is 2. The molecule has 0 saturated heterocycles. The van der Waals surface area contributed by atoms with Crippen LogP contribution in [0.4, 0.5) is 5.69 Å². The smallest absolute Gasteiger partial charge is 0.264 e. The first-order chi connectivity index (χ1) is 20.0. The molecule has 2 aromatic carbocycles. The van der Waals surface area contributed by atoms with Gasteiger partial charge in [0.15, 0.2) is 5.60 Å². The number of allylic oxidation sites excluding steroid dienone is 1. The summed E-state index contributed by atoms with van der Waals surface area (Å²) < 4.78 is 34.9. The van der Waals surface area contributed by atoms with Crippen molar-refractivity contribution < 1.29 is 23.1 Å². The first kappa shape index (κ1) is 30.4. The molecule has 0 unspecified atom stereocenters. The molecule has 10 heteroatoms. The molecular formula is C32H38ClN3O5S. The van der Waals surface area contributed by atoms with Crippen LogP contribution in [0.3, 0.4) is 0 Å². The number of halogens is 1. The van der Waals surface area contributed by atoms with E-state index in [0.29, 0.717) is 42.6 Å². The lowest BCUT2D eigenvalue weighted by atomic mass is 9.64. The van der Waals surface area contributed by atoms with E-state index < -0.39 is 26.8 Å². The summed E-state index contributed by atoms with van der Waals surface area (Å²) in [6.45, 7) is 4.88. The Hall–Kier alpha value is -3.06. The summed E-state index contributed by atoms with van der Waals surface area (Å²) >= 11 is 6.29. The van der Waals surface area contributed by atoms with Crippen LogP contribution < -0.4 is 14.4 Å². The van der Waals surface area contributed by atoms with Crippen molar-refractivity contribution >= 4 is 33.2 Å². The second-order valence-electron chi connectivity index (χ2n) is 12.0. The van der Waals surface area contributed by atoms with Crippen LogP contribution in [0.2, 0.25) is 5.02 Å². The van der Waals surface area contributed by atoms with Crippen molar-refractivity contribution in [2.24, 2.45) is 17.8 Å². The van der Waals surface area contributed by atoms with Crippen molar-refractivity contribution in [2.45, 2.75) is 69.8 Å². The van der Waals surface area contributed by atoms with Crippen molar-refractivity contribution in [3.8, 4) is 11.8 Å². The molecule has 2 heterocycles. The van der Waals surface area contributed by atoms with Crippen molar-refractivity contribution in [2.75, 3.05) is 18.0 Å². The average molecular weight is 612 g/mol. The molecule has 2 bridgehead atoms. The van der Waals surface area contributed by atoms with Gasteiger partial charge in [-0.15, -0.1) is 0 Å². The molecule has 0 aromatic heterocycles. The molecule has 1 aliphatic carbocycles. The molecule has 5 rings (SSSR count). The van der Waals surface area contributed by atoms with E-state index in [1.807, 2.05) is 18.2 Å². The van der Waals surface area contributed by atoms with Gasteiger partial charge in [-0.3, -0.25) is 4.79 Å². The Labute approximate surface area is 253 Å². The van der Waals surface area contributed by atoms with Gasteiger partial charge in [0.1, 0.15) is 18.4 Å². The van der Waals surface area contributed by atoms with E-state index in [4.69, 9.17) is 16.3 Å². The van der Waals surface area contributed by atoms with Gasteiger partial charge in [0, 0.05) is 29.6 Å². The zero-order valence-corrected chi connectivity index (χ0v) is 25.6. The highest BCUT2D eigenvalue weighted by Crippen LogP contribution is 2.44. The third kappa shape index (κ3) is 6.31. The molecule has 2 aliphatic heterocycles. The molecule has 0 spiro atoms. The highest BCUT2D eigenvalue weighted by Gasteiger charge is 2.46. The maximum Gasteiger partial charge on any atom is 0.264 e. The number of aryl methyl sites for hydroxylation is 1. The largest absolute Gasteiger partial charge is 0.487 e. The summed E-state index contributed by atoms with van der Waals surface area (Å²) in [5.74, 6) is -0.673. The monoisotopic (exact) mass is 611 g/mol. The Morgan fingerprint density at radius 1 is 1.14 bits per heavy atom. The number of fused-ring (bicyclic) bond motifs is 3. The third-order valence-corrected chi connectivity index (χ3v) is 11.4. The van der Waals surface area contributed by atoms with Crippen molar-refractivity contribution in [1.82, 2.24) is 4.72 Å². The Morgan fingerprint density at radius 3 is 2.69 bits per heavy atom. The molecule has 42 heavy (non-hydrogen) atoms. The van der Waals surface area contributed by atoms with Crippen molar-refractivity contribution in [1.29, 1.82) is 5.26 Å². The van der Waals surface area contributed by atoms with Crippen LogP contribution in [0.25, 0.3) is 0 Å². The van der Waals surface area contributed by atoms with Crippen LogP contribution >= 0.6 is 11.6 Å². The fourth-order valence-corrected chi connectivity index (χ4v) is 7.69. The number of ether oxygens (including phenoxy) is 1. The number of nitriles is 1. The van der Waals surface area contributed by atoms with Gasteiger partial charge in [-0.2, -0.15) is 5.26 Å². The molecule has 224 valence electrons. The third-order valence-electron chi connectivity index (χ3n) is 9.26. The van der Waals surface area contributed by atoms with Gasteiger partial charge >= 0.3 is 0 Å². The number of nitrogens with one attached hydrogen (secondary N) is 1. The number of aliphatic hydroxyl groups is 1. The van der Waals surface area contributed by atoms with Gasteiger partial charge in [0.05, 0.1) is 10.9 Å². The van der Waals surface area contributed by atoms with E-state index in [0.717, 1.165) is 43.2 Å². The van der Waals surface area contributed by atoms with Gasteiger partial charge in [-0.25, -0.2) is 13.1 Å². The topological polar surface area (TPSA) is 120 Å². The minimum absolute atomic E-state index is 0.0513. The summed E-state index contributed by atoms with van der Waals surface area (Å²) in [6, 6.07) is 12.9. The maximum absolute atomic E-state index is 13.3. The van der Waals surface area contributed by atoms with Crippen LogP contribution in [0.15, 0.2) is 48.6 Å². The SMILES string of the molecule is C[C@@H]1[C@@H](C)C/C=C/[C@](O)(C#N)[C@@H]2CC[C@H]2CN2CCCCc3cc(Cl)ccc3COc3ccc(cc32)C(=O)NS1(=O)=O. The fraction of sp³-hybridized carbons (Fsp3) is 0.500. The highest BCUT2D eigenvalue weighted by molar-refractivity contribution is 7.90. The Kier molecular flexibility index (Phi) is 8.89. The predicted molar refractivity (Wildman–Crippen MR) is 163 cm³/mol. The van der Waals surface area contributed by atoms with Gasteiger partial charge < -0.3 is 14.7 Å². The van der Waals surface area contributed by atoms with Gasteiger partial charge in [-0.1, -0.05) is 30.7 Å². The predicted octanol–water partition coefficient (Wildman–Crippen LogP) is 5.39. The summed E-state index contributed by atoms with van der Waals surface area (Å²) in [7, 11) is -4.00. The minimum atomic E-state index is -4.00. The van der Waals surface area contributed by atoms with E-state index in [9.17, 15) is 23.6 Å². The molecular weight excluding hydrogens is 574 g/mol. The summed E-state index contributed by atoms with van der Waals surface area (Å²) in [4.78, 5) is 15.5. The zero-order valence-electron chi connectivity index (χ0n) is 24.1. The van der Waals surface area contributed by atoms with Crippen molar-refractivity contribution in [3.63, 3.8) is 0 Å². The number of carbonyl (C=O) groups is 1. The molecule has 1 amide bonds. The fourth-order valence-electron chi connectivity index (χ4n) is 6.21. The molecule has 1 saturated carbocycles. The number of rotatable bonds is 0. The summed E-state index contributed by atoms with van der Waals surface area (Å²) in [5, 5.41) is 21.2. The van der Waals surface area contributed by atoms with Crippen LogP contribution in [-0.2, 0) is 23.1 Å². The quantitative estimate of drug-likeness (QED) is 0.303. The van der Waals surface area contributed by atoms with E-state index in [-0.39, 0.29) is 23.3 Å². The number of hydrogen-bond acceptors (Lipinski definition) is 7. The van der Waals surface area contributed by atoms with Gasteiger partial charge in [0.25, 0.3) is 5.91 Å². The lowest BCUT2D eigenvalue weighted by Crippen LogP contribution is -2.49. The second-order valence-corrected chi connectivity index (χ2v) is 14.4. The number of anilines is 1. The Balaban J connectivity index is 1.57. The lowest BCUT2D eigenvalue weighted by Gasteiger charge is -2.45. The van der Waals surface area contributed by atoms with Gasteiger partial charge in [0.2, 0.25) is 10.0 Å². The highest BCUT2D eigenvalue weighted by atomic mass is 35.5. The minimum Gasteiger partial charge on any atom is -0.487 e. The normalized spacial score (nSPS) is 30.5. The van der Waals surface area contributed by atoms with Gasteiger partial charge in [-0.05, 0) is 105 Å². The Morgan fingerprint density at radius 2 is 1.95 bits per heavy atom. The van der Waals surface area contributed by atoms with E-state index in [2.05, 4.69) is 15.7 Å². The van der Waals surface area contributed by atoms with Crippen LogP contribution in [0.1, 0.15) is 67.4 Å². The van der Waals surface area contributed by atoms with Crippen LogP contribution in [0.5, 0.6) is 5.75 Å². The standard InChI is InChI=1S/C32H38ClN3O5S/c1-21-6-5-14-32(38,20-34)28-12-9-25(28)18-36-15-4-3-7-23-16-27(33)11-8-26(23)19-41-30-13-10-24(17-29(30)36)31(37)35-42(39,40)22(21)2/h5,8,10-11,13-14,16-17,21-22,25,28,38H,3-4,6-7,9,12,15,18-19H2,1-2H3,(H,35,37)/b14-5+/t21-,22+,25-,28+,32-/m0/s1. The molecule has 3 aliphatic rings. The molecule has 2 N–H and O–H groups in total.